The Hall–Kier alpha value is -2.40. The van der Waals surface area contributed by atoms with Crippen LogP contribution in [0.1, 0.15) is 43.1 Å². The molecule has 180 valence electrons. The number of carbonyl (C=O) groups is 1. The summed E-state index contributed by atoms with van der Waals surface area (Å²) < 4.78 is 29.9. The van der Waals surface area contributed by atoms with Crippen molar-refractivity contribution in [2.24, 2.45) is 11.8 Å². The molecule has 0 aliphatic carbocycles. The number of nitrogens with zero attached hydrogens (tertiary/aromatic N) is 3. The molecule has 0 aliphatic heterocycles. The number of nitrogens with one attached hydrogen (secondary N) is 1. The van der Waals surface area contributed by atoms with Gasteiger partial charge in [0.2, 0.25) is 10.0 Å². The largest absolute Gasteiger partial charge is 0.298 e. The first kappa shape index (κ1) is 24.7. The maximum absolute atomic E-state index is 13.2. The summed E-state index contributed by atoms with van der Waals surface area (Å²) >= 11 is 3.01. The first-order valence-corrected chi connectivity index (χ1v) is 14.2. The number of aromatic nitrogens is 2. The van der Waals surface area contributed by atoms with Crippen molar-refractivity contribution in [1.29, 1.82) is 0 Å². The molecular weight excluding hydrogens is 488 g/mol. The molecule has 10 heteroatoms. The van der Waals surface area contributed by atoms with Gasteiger partial charge in [-0.25, -0.2) is 18.4 Å². The monoisotopic (exact) mass is 516 g/mol. The van der Waals surface area contributed by atoms with Gasteiger partial charge in [0.15, 0.2) is 5.13 Å². The van der Waals surface area contributed by atoms with Gasteiger partial charge in [-0.2, -0.15) is 4.31 Å². The Bertz CT molecular complexity index is 1430. The number of aryl methyl sites for hydroxylation is 1. The van der Waals surface area contributed by atoms with Crippen LogP contribution < -0.4 is 5.32 Å². The quantitative estimate of drug-likeness (QED) is 0.321. The summed E-state index contributed by atoms with van der Waals surface area (Å²) in [6.07, 6.45) is 0. The maximum atomic E-state index is 13.2. The third-order valence-electron chi connectivity index (χ3n) is 5.13. The second-order valence-electron chi connectivity index (χ2n) is 9.10. The number of rotatable bonds is 8. The van der Waals surface area contributed by atoms with Gasteiger partial charge in [0.05, 0.1) is 24.8 Å². The fourth-order valence-corrected chi connectivity index (χ4v) is 7.34. The highest BCUT2D eigenvalue weighted by Gasteiger charge is 2.26. The van der Waals surface area contributed by atoms with Crippen molar-refractivity contribution in [3.63, 3.8) is 0 Å². The lowest BCUT2D eigenvalue weighted by molar-refractivity contribution is 0.102. The average Bonchev–Trinajstić information content (AvgIpc) is 3.34. The van der Waals surface area contributed by atoms with Gasteiger partial charge >= 0.3 is 0 Å². The molecule has 0 saturated heterocycles. The number of hydrogen-bond donors (Lipinski definition) is 1. The Morgan fingerprint density at radius 3 is 2.24 bits per heavy atom. The zero-order valence-electron chi connectivity index (χ0n) is 19.8. The van der Waals surface area contributed by atoms with Crippen LogP contribution in [0.3, 0.4) is 0 Å². The third-order valence-corrected chi connectivity index (χ3v) is 8.91. The second-order valence-corrected chi connectivity index (χ2v) is 13.3. The summed E-state index contributed by atoms with van der Waals surface area (Å²) in [6, 6.07) is 10.0. The molecular formula is C24H28N4O3S3. The number of thiazole rings is 2. The molecule has 1 amide bonds. The van der Waals surface area contributed by atoms with Crippen LogP contribution in [0.25, 0.3) is 20.4 Å². The average molecular weight is 517 g/mol. The van der Waals surface area contributed by atoms with E-state index in [-0.39, 0.29) is 22.6 Å². The van der Waals surface area contributed by atoms with Crippen LogP contribution in [0.15, 0.2) is 41.3 Å². The second kappa shape index (κ2) is 9.69. The number of hydrogen-bond acceptors (Lipinski definition) is 7. The summed E-state index contributed by atoms with van der Waals surface area (Å²) in [7, 11) is -3.64. The maximum Gasteiger partial charge on any atom is 0.257 e. The Labute approximate surface area is 207 Å². The molecule has 0 unspecified atom stereocenters. The summed E-state index contributed by atoms with van der Waals surface area (Å²) in [6.45, 7) is 10.9. The zero-order valence-corrected chi connectivity index (χ0v) is 22.3. The first-order chi connectivity index (χ1) is 16.0. The molecule has 0 spiro atoms. The number of carbonyl (C=O) groups excluding carboxylic acids is 1. The van der Waals surface area contributed by atoms with Crippen molar-refractivity contribution in [3.8, 4) is 0 Å². The fourth-order valence-electron chi connectivity index (χ4n) is 3.72. The molecule has 2 aromatic heterocycles. The van der Waals surface area contributed by atoms with Gasteiger partial charge in [0, 0.05) is 18.7 Å². The SMILES string of the molecule is Cc1nc2c(ccc3nc(NC(=O)c4ccc(S(=O)(=O)N(CC(C)C)CC(C)C)cc4)sc32)s1. The van der Waals surface area contributed by atoms with Crippen molar-refractivity contribution in [3.05, 3.63) is 47.0 Å². The highest BCUT2D eigenvalue weighted by Crippen LogP contribution is 2.34. The standard InChI is InChI=1S/C24H28N4O3S3/c1-14(2)12-28(13-15(3)4)34(30,31)18-8-6-17(7-9-18)23(29)27-24-26-19-10-11-20-21(22(19)33-24)25-16(5)32-20/h6-11,14-15H,12-13H2,1-5H3,(H,26,27,29). The minimum absolute atomic E-state index is 0.187. The van der Waals surface area contributed by atoms with Crippen molar-refractivity contribution in [2.45, 2.75) is 39.5 Å². The van der Waals surface area contributed by atoms with Crippen molar-refractivity contribution in [1.82, 2.24) is 14.3 Å². The molecule has 0 fully saturated rings. The van der Waals surface area contributed by atoms with E-state index in [0.29, 0.717) is 23.8 Å². The van der Waals surface area contributed by atoms with Crippen LogP contribution in [0.2, 0.25) is 0 Å². The lowest BCUT2D eigenvalue weighted by Crippen LogP contribution is -2.37. The molecule has 0 aliphatic rings. The fraction of sp³-hybridized carbons (Fsp3) is 0.375. The molecule has 7 nitrogen and oxygen atoms in total. The first-order valence-electron chi connectivity index (χ1n) is 11.1. The zero-order chi connectivity index (χ0) is 24.6. The third kappa shape index (κ3) is 5.14. The van der Waals surface area contributed by atoms with Crippen LogP contribution in [-0.4, -0.2) is 41.7 Å². The predicted octanol–water partition coefficient (Wildman–Crippen LogP) is 5.77. The van der Waals surface area contributed by atoms with Crippen molar-refractivity contribution >= 4 is 64.2 Å². The minimum atomic E-state index is -3.64. The Morgan fingerprint density at radius 1 is 0.971 bits per heavy atom. The van der Waals surface area contributed by atoms with Gasteiger partial charge < -0.3 is 0 Å². The summed E-state index contributed by atoms with van der Waals surface area (Å²) in [5, 5.41) is 4.30. The molecule has 2 aromatic carbocycles. The Balaban J connectivity index is 1.54. The summed E-state index contributed by atoms with van der Waals surface area (Å²) in [5.41, 5.74) is 2.06. The predicted molar refractivity (Wildman–Crippen MR) is 140 cm³/mol. The van der Waals surface area contributed by atoms with Crippen molar-refractivity contribution < 1.29 is 13.2 Å². The highest BCUT2D eigenvalue weighted by molar-refractivity contribution is 7.89. The normalized spacial score (nSPS) is 12.5. The van der Waals surface area contributed by atoms with Crippen LogP contribution in [0.5, 0.6) is 0 Å². The summed E-state index contributed by atoms with van der Waals surface area (Å²) in [4.78, 5) is 22.1. The van der Waals surface area contributed by atoms with E-state index in [1.54, 1.807) is 23.5 Å². The van der Waals surface area contributed by atoms with E-state index in [1.807, 2.05) is 46.8 Å². The highest BCUT2D eigenvalue weighted by atomic mass is 32.2. The molecule has 0 radical (unpaired) electrons. The van der Waals surface area contributed by atoms with Gasteiger partial charge in [-0.15, -0.1) is 11.3 Å². The van der Waals surface area contributed by atoms with Crippen LogP contribution in [0.4, 0.5) is 5.13 Å². The molecule has 4 rings (SSSR count). The van der Waals surface area contributed by atoms with E-state index in [2.05, 4.69) is 15.3 Å². The summed E-state index contributed by atoms with van der Waals surface area (Å²) in [5.74, 6) is 0.0820. The van der Waals surface area contributed by atoms with E-state index in [4.69, 9.17) is 0 Å². The molecule has 4 aromatic rings. The van der Waals surface area contributed by atoms with Crippen LogP contribution >= 0.6 is 22.7 Å². The molecule has 2 heterocycles. The lowest BCUT2D eigenvalue weighted by Gasteiger charge is -2.25. The van der Waals surface area contributed by atoms with E-state index in [9.17, 15) is 13.2 Å². The Kier molecular flexibility index (Phi) is 7.04. The van der Waals surface area contributed by atoms with Gasteiger partial charge in [-0.3, -0.25) is 10.1 Å². The minimum Gasteiger partial charge on any atom is -0.298 e. The van der Waals surface area contributed by atoms with E-state index < -0.39 is 10.0 Å². The van der Waals surface area contributed by atoms with Gasteiger partial charge in [0.25, 0.3) is 5.91 Å². The van der Waals surface area contributed by atoms with Crippen molar-refractivity contribution in [2.75, 3.05) is 18.4 Å². The number of benzene rings is 2. The number of anilines is 1. The van der Waals surface area contributed by atoms with Gasteiger partial charge in [-0.05, 0) is 55.2 Å². The molecule has 34 heavy (non-hydrogen) atoms. The van der Waals surface area contributed by atoms with Crippen LogP contribution in [0, 0.1) is 18.8 Å². The molecule has 0 bridgehead atoms. The number of sulfonamides is 1. The van der Waals surface area contributed by atoms with Crippen LogP contribution in [-0.2, 0) is 10.0 Å². The van der Waals surface area contributed by atoms with E-state index in [1.165, 1.54) is 27.8 Å². The topological polar surface area (TPSA) is 92.3 Å². The van der Waals surface area contributed by atoms with E-state index in [0.717, 1.165) is 25.4 Å². The molecule has 0 saturated carbocycles. The van der Waals surface area contributed by atoms with E-state index >= 15 is 0 Å². The smallest absolute Gasteiger partial charge is 0.257 e. The number of amides is 1. The number of fused-ring (bicyclic) bond motifs is 3. The molecule has 0 atom stereocenters. The molecule has 1 N–H and O–H groups in total. The van der Waals surface area contributed by atoms with Gasteiger partial charge in [-0.1, -0.05) is 39.0 Å². The van der Waals surface area contributed by atoms with Gasteiger partial charge in [0.1, 0.15) is 5.52 Å². The Morgan fingerprint density at radius 2 is 1.62 bits per heavy atom. The lowest BCUT2D eigenvalue weighted by atomic mass is 10.2.